The molecule has 0 atom stereocenters. The number of benzene rings is 1. The van der Waals surface area contributed by atoms with Gasteiger partial charge in [0, 0.05) is 21.7 Å². The minimum atomic E-state index is 0.0791. The van der Waals surface area contributed by atoms with Gasteiger partial charge in [0.25, 0.3) is 0 Å². The quantitative estimate of drug-likeness (QED) is 0.837. The van der Waals surface area contributed by atoms with Gasteiger partial charge in [-0.25, -0.2) is 4.98 Å². The van der Waals surface area contributed by atoms with E-state index in [0.717, 1.165) is 24.9 Å². The van der Waals surface area contributed by atoms with Gasteiger partial charge in [-0.3, -0.25) is 4.79 Å². The Bertz CT molecular complexity index is 664. The number of anilines is 3. The van der Waals surface area contributed by atoms with Crippen LogP contribution < -0.4 is 10.6 Å². The molecule has 0 aliphatic heterocycles. The third kappa shape index (κ3) is 3.70. The Balaban J connectivity index is 1.64. The first-order valence-electron chi connectivity index (χ1n) is 7.10. The maximum Gasteiger partial charge on any atom is 0.227 e. The lowest BCUT2D eigenvalue weighted by molar-refractivity contribution is -0.122. The minimum absolute atomic E-state index is 0.0791. The zero-order valence-electron chi connectivity index (χ0n) is 11.8. The van der Waals surface area contributed by atoms with Gasteiger partial charge in [-0.1, -0.05) is 29.6 Å². The third-order valence-corrected chi connectivity index (χ3v) is 4.08. The molecule has 22 heavy (non-hydrogen) atoms. The molecule has 0 bridgehead atoms. The topological polar surface area (TPSA) is 54.0 Å². The fourth-order valence-electron chi connectivity index (χ4n) is 2.23. The van der Waals surface area contributed by atoms with Crippen molar-refractivity contribution in [2.24, 2.45) is 5.92 Å². The predicted octanol–water partition coefficient (Wildman–Crippen LogP) is 4.87. The first-order valence-corrected chi connectivity index (χ1v) is 7.86. The SMILES string of the molecule is O=C(Nc1ccc(Nc2cc(Cl)cc(Cl)c2)nc1)C1CCC1. The molecule has 1 aromatic heterocycles. The van der Waals surface area contributed by atoms with Crippen LogP contribution in [0.25, 0.3) is 0 Å². The monoisotopic (exact) mass is 335 g/mol. The van der Waals surface area contributed by atoms with Crippen molar-refractivity contribution in [3.05, 3.63) is 46.6 Å². The van der Waals surface area contributed by atoms with Gasteiger partial charge in [0.2, 0.25) is 5.91 Å². The molecule has 1 aromatic carbocycles. The van der Waals surface area contributed by atoms with E-state index >= 15 is 0 Å². The second-order valence-corrected chi connectivity index (χ2v) is 6.21. The molecule has 0 radical (unpaired) electrons. The van der Waals surface area contributed by atoms with Gasteiger partial charge in [-0.15, -0.1) is 0 Å². The molecule has 3 rings (SSSR count). The van der Waals surface area contributed by atoms with E-state index in [-0.39, 0.29) is 11.8 Å². The molecule has 1 amide bonds. The highest BCUT2D eigenvalue weighted by Crippen LogP contribution is 2.28. The number of carbonyl (C=O) groups excluding carboxylic acids is 1. The molecule has 4 nitrogen and oxygen atoms in total. The van der Waals surface area contributed by atoms with Crippen LogP contribution in [0.3, 0.4) is 0 Å². The van der Waals surface area contributed by atoms with E-state index < -0.39 is 0 Å². The highest BCUT2D eigenvalue weighted by Gasteiger charge is 2.25. The number of nitrogens with zero attached hydrogens (tertiary/aromatic N) is 1. The van der Waals surface area contributed by atoms with Gasteiger partial charge < -0.3 is 10.6 Å². The van der Waals surface area contributed by atoms with Crippen LogP contribution >= 0.6 is 23.2 Å². The summed E-state index contributed by atoms with van der Waals surface area (Å²) in [6.45, 7) is 0. The second kappa shape index (κ2) is 6.55. The van der Waals surface area contributed by atoms with Crippen molar-refractivity contribution >= 4 is 46.3 Å². The smallest absolute Gasteiger partial charge is 0.227 e. The fraction of sp³-hybridized carbons (Fsp3) is 0.250. The van der Waals surface area contributed by atoms with Crippen LogP contribution in [0.2, 0.25) is 10.0 Å². The number of amides is 1. The van der Waals surface area contributed by atoms with Gasteiger partial charge in [0.05, 0.1) is 11.9 Å². The Morgan fingerprint density at radius 2 is 1.82 bits per heavy atom. The van der Waals surface area contributed by atoms with Gasteiger partial charge in [0.15, 0.2) is 0 Å². The van der Waals surface area contributed by atoms with Crippen LogP contribution in [0.1, 0.15) is 19.3 Å². The molecule has 2 N–H and O–H groups in total. The lowest BCUT2D eigenvalue weighted by atomic mass is 9.85. The van der Waals surface area contributed by atoms with E-state index in [9.17, 15) is 4.79 Å². The molecular formula is C16H15Cl2N3O. The molecule has 2 aromatic rings. The summed E-state index contributed by atoms with van der Waals surface area (Å²) in [7, 11) is 0. The normalized spacial score (nSPS) is 14.3. The van der Waals surface area contributed by atoms with E-state index in [1.165, 1.54) is 0 Å². The number of hydrogen-bond acceptors (Lipinski definition) is 3. The van der Waals surface area contributed by atoms with E-state index in [2.05, 4.69) is 15.6 Å². The standard InChI is InChI=1S/C16H15Cl2N3O/c17-11-6-12(18)8-14(7-11)20-15-5-4-13(9-19-15)21-16(22)10-2-1-3-10/h4-10H,1-3H2,(H,19,20)(H,21,22). The van der Waals surface area contributed by atoms with Crippen molar-refractivity contribution < 1.29 is 4.79 Å². The molecule has 114 valence electrons. The zero-order chi connectivity index (χ0) is 15.5. The third-order valence-electron chi connectivity index (χ3n) is 3.64. The van der Waals surface area contributed by atoms with E-state index in [1.54, 1.807) is 30.5 Å². The van der Waals surface area contributed by atoms with Crippen molar-refractivity contribution in [3.8, 4) is 0 Å². The van der Waals surface area contributed by atoms with E-state index in [0.29, 0.717) is 21.6 Å². The Hall–Kier alpha value is -1.78. The molecule has 1 aliphatic carbocycles. The van der Waals surface area contributed by atoms with Crippen molar-refractivity contribution in [2.45, 2.75) is 19.3 Å². The summed E-state index contributed by atoms with van der Waals surface area (Å²) in [5, 5.41) is 7.11. The van der Waals surface area contributed by atoms with E-state index in [4.69, 9.17) is 23.2 Å². The van der Waals surface area contributed by atoms with E-state index in [1.807, 2.05) is 6.07 Å². The summed E-state index contributed by atoms with van der Waals surface area (Å²) < 4.78 is 0. The van der Waals surface area contributed by atoms with Gasteiger partial charge in [-0.05, 0) is 43.2 Å². The maximum absolute atomic E-state index is 11.9. The minimum Gasteiger partial charge on any atom is -0.340 e. The lowest BCUT2D eigenvalue weighted by Gasteiger charge is -2.23. The lowest BCUT2D eigenvalue weighted by Crippen LogP contribution is -2.28. The Morgan fingerprint density at radius 3 is 2.36 bits per heavy atom. The van der Waals surface area contributed by atoms with Crippen molar-refractivity contribution in [3.63, 3.8) is 0 Å². The maximum atomic E-state index is 11.9. The Labute approximate surface area is 138 Å². The Morgan fingerprint density at radius 1 is 1.09 bits per heavy atom. The van der Waals surface area contributed by atoms with Gasteiger partial charge >= 0.3 is 0 Å². The van der Waals surface area contributed by atoms with Crippen LogP contribution in [0, 0.1) is 5.92 Å². The average Bonchev–Trinajstić information content (AvgIpc) is 2.37. The molecule has 1 heterocycles. The van der Waals surface area contributed by atoms with Crippen LogP contribution in [0.5, 0.6) is 0 Å². The average molecular weight is 336 g/mol. The van der Waals surface area contributed by atoms with Crippen LogP contribution in [-0.2, 0) is 4.79 Å². The molecule has 0 spiro atoms. The fourth-order valence-corrected chi connectivity index (χ4v) is 2.76. The summed E-state index contributed by atoms with van der Waals surface area (Å²) in [4.78, 5) is 16.1. The number of halogens is 2. The van der Waals surface area contributed by atoms with Crippen molar-refractivity contribution in [1.82, 2.24) is 4.98 Å². The zero-order valence-corrected chi connectivity index (χ0v) is 13.3. The summed E-state index contributed by atoms with van der Waals surface area (Å²) in [5.41, 5.74) is 1.46. The highest BCUT2D eigenvalue weighted by atomic mass is 35.5. The number of hydrogen-bond donors (Lipinski definition) is 2. The molecule has 1 fully saturated rings. The van der Waals surface area contributed by atoms with Crippen molar-refractivity contribution in [1.29, 1.82) is 0 Å². The number of aromatic nitrogens is 1. The number of rotatable bonds is 4. The molecule has 1 saturated carbocycles. The number of pyridine rings is 1. The van der Waals surface area contributed by atoms with Gasteiger partial charge in [-0.2, -0.15) is 0 Å². The van der Waals surface area contributed by atoms with Crippen molar-refractivity contribution in [2.75, 3.05) is 10.6 Å². The largest absolute Gasteiger partial charge is 0.340 e. The van der Waals surface area contributed by atoms with Crippen LogP contribution in [0.15, 0.2) is 36.5 Å². The van der Waals surface area contributed by atoms with Crippen LogP contribution in [-0.4, -0.2) is 10.9 Å². The molecule has 6 heteroatoms. The molecular weight excluding hydrogens is 321 g/mol. The highest BCUT2D eigenvalue weighted by molar-refractivity contribution is 6.35. The van der Waals surface area contributed by atoms with Crippen LogP contribution in [0.4, 0.5) is 17.2 Å². The summed E-state index contributed by atoms with van der Waals surface area (Å²) in [6, 6.07) is 8.81. The molecule has 1 aliphatic rings. The van der Waals surface area contributed by atoms with Gasteiger partial charge in [0.1, 0.15) is 5.82 Å². The number of nitrogens with one attached hydrogen (secondary N) is 2. The first-order chi connectivity index (χ1) is 10.6. The predicted molar refractivity (Wildman–Crippen MR) is 90.0 cm³/mol. The first kappa shape index (κ1) is 15.1. The molecule has 0 unspecified atom stereocenters. The Kier molecular flexibility index (Phi) is 4.50. The second-order valence-electron chi connectivity index (χ2n) is 5.33. The summed E-state index contributed by atoms with van der Waals surface area (Å²) in [5.74, 6) is 0.891. The molecule has 0 saturated heterocycles. The summed E-state index contributed by atoms with van der Waals surface area (Å²) >= 11 is 11.9. The number of carbonyl (C=O) groups is 1. The summed E-state index contributed by atoms with van der Waals surface area (Å²) in [6.07, 6.45) is 4.73.